The van der Waals surface area contributed by atoms with Crippen molar-refractivity contribution >= 4 is 26.0 Å². The number of aliphatic hydroxyl groups excluding tert-OH is 1. The Labute approximate surface area is 122 Å². The van der Waals surface area contributed by atoms with E-state index in [0.717, 1.165) is 12.8 Å². The first-order chi connectivity index (χ1) is 8.89. The van der Waals surface area contributed by atoms with Gasteiger partial charge in [-0.2, -0.15) is 0 Å². The lowest BCUT2D eigenvalue weighted by Gasteiger charge is -2.12. The van der Waals surface area contributed by atoms with Crippen molar-refractivity contribution in [2.75, 3.05) is 0 Å². The highest BCUT2D eigenvalue weighted by molar-refractivity contribution is 9.10. The second kappa shape index (κ2) is 5.52. The molecule has 0 radical (unpaired) electrons. The fourth-order valence-electron chi connectivity index (χ4n) is 2.18. The largest absolute Gasteiger partial charge is 0.392 e. The monoisotopic (exact) mass is 347 g/mol. The van der Waals surface area contributed by atoms with Crippen molar-refractivity contribution in [1.82, 2.24) is 4.72 Å². The second-order valence-electron chi connectivity index (χ2n) is 4.99. The van der Waals surface area contributed by atoms with Crippen molar-refractivity contribution in [1.29, 1.82) is 0 Å². The third kappa shape index (κ3) is 3.18. The van der Waals surface area contributed by atoms with E-state index in [-0.39, 0.29) is 17.5 Å². The van der Waals surface area contributed by atoms with E-state index in [1.54, 1.807) is 13.0 Å². The van der Waals surface area contributed by atoms with Gasteiger partial charge in [0.25, 0.3) is 0 Å². The summed E-state index contributed by atoms with van der Waals surface area (Å²) >= 11 is 3.33. The molecule has 4 nitrogen and oxygen atoms in total. The molecule has 1 aromatic carbocycles. The number of rotatable bonds is 5. The Hall–Kier alpha value is -0.430. The van der Waals surface area contributed by atoms with E-state index in [1.165, 1.54) is 6.07 Å². The molecule has 1 aromatic rings. The number of aliphatic hydroxyl groups is 1. The Morgan fingerprint density at radius 2 is 2.16 bits per heavy atom. The molecule has 2 rings (SSSR count). The van der Waals surface area contributed by atoms with Crippen molar-refractivity contribution in [3.8, 4) is 0 Å². The van der Waals surface area contributed by atoms with Gasteiger partial charge >= 0.3 is 0 Å². The van der Waals surface area contributed by atoms with Crippen LogP contribution in [0.2, 0.25) is 0 Å². The van der Waals surface area contributed by atoms with Gasteiger partial charge in [-0.05, 0) is 42.5 Å². The standard InChI is InChI=1S/C13H18BrNO3S/c1-3-10-6-12(10)15-19(17,18)13-5-9(7-16)4-11(14)8(13)2/h4-5,10,12,15-16H,3,6-7H2,1-2H3. The molecule has 2 N–H and O–H groups in total. The molecule has 0 aromatic heterocycles. The molecule has 0 heterocycles. The zero-order valence-corrected chi connectivity index (χ0v) is 13.4. The lowest BCUT2D eigenvalue weighted by atomic mass is 10.2. The predicted molar refractivity (Wildman–Crippen MR) is 77.3 cm³/mol. The highest BCUT2D eigenvalue weighted by Crippen LogP contribution is 2.35. The van der Waals surface area contributed by atoms with Gasteiger partial charge in [0.15, 0.2) is 0 Å². The Morgan fingerprint density at radius 3 is 2.68 bits per heavy atom. The summed E-state index contributed by atoms with van der Waals surface area (Å²) in [6.07, 6.45) is 1.90. The van der Waals surface area contributed by atoms with Crippen LogP contribution in [0.5, 0.6) is 0 Å². The zero-order valence-electron chi connectivity index (χ0n) is 11.0. The van der Waals surface area contributed by atoms with Crippen molar-refractivity contribution < 1.29 is 13.5 Å². The summed E-state index contributed by atoms with van der Waals surface area (Å²) in [4.78, 5) is 0.243. The summed E-state index contributed by atoms with van der Waals surface area (Å²) in [5.74, 6) is 0.458. The van der Waals surface area contributed by atoms with Crippen LogP contribution in [0.1, 0.15) is 30.9 Å². The third-order valence-corrected chi connectivity index (χ3v) is 6.02. The fraction of sp³-hybridized carbons (Fsp3) is 0.538. The van der Waals surface area contributed by atoms with Crippen LogP contribution in [-0.2, 0) is 16.6 Å². The first-order valence-corrected chi connectivity index (χ1v) is 8.59. The average molecular weight is 348 g/mol. The van der Waals surface area contributed by atoms with Crippen LogP contribution in [0.25, 0.3) is 0 Å². The summed E-state index contributed by atoms with van der Waals surface area (Å²) in [5.41, 5.74) is 1.25. The third-order valence-electron chi connectivity index (χ3n) is 3.58. The minimum atomic E-state index is -3.52. The van der Waals surface area contributed by atoms with Gasteiger partial charge in [-0.1, -0.05) is 29.3 Å². The second-order valence-corrected chi connectivity index (χ2v) is 7.53. The maximum atomic E-state index is 12.4. The lowest BCUT2D eigenvalue weighted by Crippen LogP contribution is -2.28. The van der Waals surface area contributed by atoms with Gasteiger partial charge in [0.1, 0.15) is 0 Å². The number of halogens is 1. The minimum Gasteiger partial charge on any atom is -0.392 e. The SMILES string of the molecule is CCC1CC1NS(=O)(=O)c1cc(CO)cc(Br)c1C. The molecule has 2 atom stereocenters. The van der Waals surface area contributed by atoms with Gasteiger partial charge in [0, 0.05) is 10.5 Å². The van der Waals surface area contributed by atoms with Gasteiger partial charge in [-0.3, -0.25) is 0 Å². The number of hydrogen-bond donors (Lipinski definition) is 2. The van der Waals surface area contributed by atoms with Crippen molar-refractivity contribution in [3.05, 3.63) is 27.7 Å². The van der Waals surface area contributed by atoms with E-state index in [2.05, 4.69) is 27.6 Å². The van der Waals surface area contributed by atoms with Gasteiger partial charge in [0.05, 0.1) is 11.5 Å². The molecular weight excluding hydrogens is 330 g/mol. The molecule has 19 heavy (non-hydrogen) atoms. The molecule has 1 aliphatic carbocycles. The highest BCUT2D eigenvalue weighted by Gasteiger charge is 2.39. The van der Waals surface area contributed by atoms with Crippen molar-refractivity contribution in [2.24, 2.45) is 5.92 Å². The van der Waals surface area contributed by atoms with E-state index in [9.17, 15) is 13.5 Å². The smallest absolute Gasteiger partial charge is 0.241 e. The van der Waals surface area contributed by atoms with Crippen LogP contribution in [0.15, 0.2) is 21.5 Å². The van der Waals surface area contributed by atoms with Gasteiger partial charge in [0.2, 0.25) is 10.0 Å². The Balaban J connectivity index is 2.32. The van der Waals surface area contributed by atoms with Crippen molar-refractivity contribution in [3.63, 3.8) is 0 Å². The number of sulfonamides is 1. The molecule has 6 heteroatoms. The molecule has 1 aliphatic rings. The van der Waals surface area contributed by atoms with E-state index in [4.69, 9.17) is 0 Å². The predicted octanol–water partition coefficient (Wildman–Crippen LogP) is 2.33. The van der Waals surface area contributed by atoms with Gasteiger partial charge in [-0.15, -0.1) is 0 Å². The quantitative estimate of drug-likeness (QED) is 0.858. The zero-order chi connectivity index (χ0) is 14.2. The molecule has 0 bridgehead atoms. The lowest BCUT2D eigenvalue weighted by molar-refractivity contribution is 0.281. The summed E-state index contributed by atoms with van der Waals surface area (Å²) in [6, 6.07) is 3.33. The molecule has 0 amide bonds. The number of benzene rings is 1. The topological polar surface area (TPSA) is 66.4 Å². The Bertz CT molecular complexity index is 586. The van der Waals surface area contributed by atoms with E-state index >= 15 is 0 Å². The first-order valence-electron chi connectivity index (χ1n) is 6.31. The van der Waals surface area contributed by atoms with Crippen LogP contribution in [0.3, 0.4) is 0 Å². The molecule has 0 saturated heterocycles. The maximum Gasteiger partial charge on any atom is 0.241 e. The summed E-state index contributed by atoms with van der Waals surface area (Å²) in [6.45, 7) is 3.64. The van der Waals surface area contributed by atoms with Crippen LogP contribution in [0, 0.1) is 12.8 Å². The first kappa shape index (κ1) is 15.0. The summed E-state index contributed by atoms with van der Waals surface area (Å²) < 4.78 is 28.2. The Morgan fingerprint density at radius 1 is 1.47 bits per heavy atom. The molecule has 2 unspecified atom stereocenters. The van der Waals surface area contributed by atoms with E-state index in [0.29, 0.717) is 21.5 Å². The molecule has 106 valence electrons. The summed E-state index contributed by atoms with van der Waals surface area (Å²) in [5, 5.41) is 9.18. The van der Waals surface area contributed by atoms with Gasteiger partial charge in [-0.25, -0.2) is 13.1 Å². The van der Waals surface area contributed by atoms with Crippen LogP contribution in [-0.4, -0.2) is 19.6 Å². The van der Waals surface area contributed by atoms with Crippen LogP contribution >= 0.6 is 15.9 Å². The van der Waals surface area contributed by atoms with E-state index < -0.39 is 10.0 Å². The Kier molecular flexibility index (Phi) is 4.35. The highest BCUT2D eigenvalue weighted by atomic mass is 79.9. The normalized spacial score (nSPS) is 22.5. The summed E-state index contributed by atoms with van der Waals surface area (Å²) in [7, 11) is -3.52. The molecule has 0 spiro atoms. The van der Waals surface area contributed by atoms with Crippen LogP contribution < -0.4 is 4.72 Å². The average Bonchev–Trinajstić information content (AvgIpc) is 3.09. The molecular formula is C13H18BrNO3S. The fourth-order valence-corrected chi connectivity index (χ4v) is 4.46. The van der Waals surface area contributed by atoms with Crippen LogP contribution in [0.4, 0.5) is 0 Å². The maximum absolute atomic E-state index is 12.4. The van der Waals surface area contributed by atoms with E-state index in [1.807, 2.05) is 0 Å². The molecule has 1 saturated carbocycles. The molecule has 0 aliphatic heterocycles. The van der Waals surface area contributed by atoms with Crippen molar-refractivity contribution in [2.45, 2.75) is 44.2 Å². The van der Waals surface area contributed by atoms with Gasteiger partial charge < -0.3 is 5.11 Å². The minimum absolute atomic E-state index is 0.0611. The molecule has 1 fully saturated rings. The number of hydrogen-bond acceptors (Lipinski definition) is 3. The number of nitrogens with one attached hydrogen (secondary N) is 1.